The highest BCUT2D eigenvalue weighted by molar-refractivity contribution is 6.31. The van der Waals surface area contributed by atoms with E-state index in [4.69, 9.17) is 50.4 Å². The number of ether oxygens (including phenoxy) is 1. The molecule has 0 aliphatic heterocycles. The van der Waals surface area contributed by atoms with Gasteiger partial charge in [-0.05, 0) is 37.0 Å². The lowest BCUT2D eigenvalue weighted by Crippen LogP contribution is -2.42. The number of anilines is 2. The average molecular weight is 478 g/mol. The number of halogens is 1. The van der Waals surface area contributed by atoms with E-state index in [1.165, 1.54) is 0 Å². The Hall–Kier alpha value is -3.64. The minimum absolute atomic E-state index is 0.0919. The number of hydrogen-bond donors (Lipinski definition) is 6. The van der Waals surface area contributed by atoms with Crippen molar-refractivity contribution in [1.82, 2.24) is 14.9 Å². The molecule has 12 nitrogen and oxygen atoms in total. The van der Waals surface area contributed by atoms with Crippen LogP contribution in [0.3, 0.4) is 0 Å². The number of carbonyl (C=O) groups excluding carboxylic acids is 2. The van der Waals surface area contributed by atoms with Crippen LogP contribution in [0.2, 0.25) is 5.15 Å². The first-order chi connectivity index (χ1) is 15.6. The highest BCUT2D eigenvalue weighted by Gasteiger charge is 2.23. The molecule has 33 heavy (non-hydrogen) atoms. The summed E-state index contributed by atoms with van der Waals surface area (Å²) in [6.07, 6.45) is 2.38. The third-order valence-electron chi connectivity index (χ3n) is 4.73. The topological polar surface area (TPSA) is 226 Å². The number of nitrogen functional groups attached to an aromatic ring is 2. The first kappa shape index (κ1) is 25.6. The number of nitrogens with two attached hydrogens (primary N) is 5. The minimum atomic E-state index is -0.730. The fourth-order valence-electron chi connectivity index (χ4n) is 2.86. The number of benzene rings is 1. The van der Waals surface area contributed by atoms with Crippen molar-refractivity contribution in [3.05, 3.63) is 40.7 Å². The van der Waals surface area contributed by atoms with E-state index in [9.17, 15) is 9.59 Å². The van der Waals surface area contributed by atoms with Gasteiger partial charge in [0.25, 0.3) is 5.91 Å². The van der Waals surface area contributed by atoms with Gasteiger partial charge in [0.15, 0.2) is 28.4 Å². The summed E-state index contributed by atoms with van der Waals surface area (Å²) < 4.78 is 5.55. The van der Waals surface area contributed by atoms with Gasteiger partial charge in [0.05, 0.1) is 12.6 Å². The zero-order valence-electron chi connectivity index (χ0n) is 18.0. The van der Waals surface area contributed by atoms with E-state index in [-0.39, 0.29) is 35.6 Å². The quantitative estimate of drug-likeness (QED) is 0.147. The Morgan fingerprint density at radius 2 is 1.76 bits per heavy atom. The lowest BCUT2D eigenvalue weighted by molar-refractivity contribution is -0.119. The summed E-state index contributed by atoms with van der Waals surface area (Å²) in [5, 5.41) is 7.56. The van der Waals surface area contributed by atoms with E-state index in [1.807, 2.05) is 24.3 Å². The molecule has 0 aliphatic carbocycles. The molecule has 0 spiro atoms. The van der Waals surface area contributed by atoms with Gasteiger partial charge in [0.1, 0.15) is 5.75 Å². The molecule has 1 heterocycles. The van der Waals surface area contributed by atoms with Crippen molar-refractivity contribution < 1.29 is 14.3 Å². The SMILES string of the molecule is N=C(N)N(CCCCc1ccc(OCCC(N)C(N)=O)cc1)C(=O)c1nc(Cl)c(N)nc1N. The van der Waals surface area contributed by atoms with Crippen LogP contribution in [0.25, 0.3) is 0 Å². The monoisotopic (exact) mass is 477 g/mol. The highest BCUT2D eigenvalue weighted by atomic mass is 35.5. The molecule has 2 rings (SSSR count). The van der Waals surface area contributed by atoms with Crippen molar-refractivity contribution in [2.24, 2.45) is 17.2 Å². The summed E-state index contributed by atoms with van der Waals surface area (Å²) in [5.74, 6) is -1.30. The Kier molecular flexibility index (Phi) is 9.18. The standard InChI is InChI=1S/C20H28ClN9O3/c21-15-17(24)29-16(23)14(28-15)19(32)30(20(26)27)9-2-1-3-11-4-6-12(7-5-11)33-10-8-13(22)18(25)31/h4-7,13H,1-3,8-10,22H2,(H2,25,31)(H3,26,27)(H4,23,24,29). The van der Waals surface area contributed by atoms with Gasteiger partial charge in [-0.2, -0.15) is 0 Å². The number of nitrogens with zero attached hydrogens (tertiary/aromatic N) is 3. The summed E-state index contributed by atoms with van der Waals surface area (Å²) >= 11 is 5.83. The predicted molar refractivity (Wildman–Crippen MR) is 125 cm³/mol. The number of hydrogen-bond acceptors (Lipinski definition) is 9. The zero-order chi connectivity index (χ0) is 24.5. The van der Waals surface area contributed by atoms with E-state index < -0.39 is 23.8 Å². The molecule has 0 aliphatic rings. The fourth-order valence-corrected chi connectivity index (χ4v) is 2.98. The normalized spacial score (nSPS) is 11.6. The number of aromatic nitrogens is 2. The zero-order valence-corrected chi connectivity index (χ0v) is 18.7. The molecule has 0 fully saturated rings. The van der Waals surface area contributed by atoms with Gasteiger partial charge in [-0.25, -0.2) is 9.97 Å². The number of primary amides is 1. The Morgan fingerprint density at radius 1 is 1.09 bits per heavy atom. The molecule has 1 aromatic carbocycles. The molecule has 2 aromatic rings. The van der Waals surface area contributed by atoms with Crippen molar-refractivity contribution in [3.8, 4) is 5.75 Å². The van der Waals surface area contributed by atoms with Crippen molar-refractivity contribution >= 4 is 41.0 Å². The number of aryl methyl sites for hydroxylation is 1. The number of carbonyl (C=O) groups is 2. The number of amides is 2. The molecule has 178 valence electrons. The molecule has 11 N–H and O–H groups in total. The molecule has 1 aromatic heterocycles. The van der Waals surface area contributed by atoms with Gasteiger partial charge in [-0.3, -0.25) is 19.9 Å². The number of rotatable bonds is 11. The molecule has 0 radical (unpaired) electrons. The summed E-state index contributed by atoms with van der Waals surface area (Å²) in [4.78, 5) is 32.3. The average Bonchev–Trinajstić information content (AvgIpc) is 2.76. The first-order valence-electron chi connectivity index (χ1n) is 10.1. The van der Waals surface area contributed by atoms with Crippen LogP contribution < -0.4 is 33.4 Å². The van der Waals surface area contributed by atoms with Gasteiger partial charge in [0.2, 0.25) is 5.91 Å². The van der Waals surface area contributed by atoms with E-state index in [0.717, 1.165) is 23.3 Å². The Bertz CT molecular complexity index is 1000. The lowest BCUT2D eigenvalue weighted by atomic mass is 10.1. The Labute approximate surface area is 195 Å². The highest BCUT2D eigenvalue weighted by Crippen LogP contribution is 2.19. The van der Waals surface area contributed by atoms with E-state index in [2.05, 4.69) is 9.97 Å². The molecule has 1 atom stereocenters. The first-order valence-corrected chi connectivity index (χ1v) is 10.5. The van der Waals surface area contributed by atoms with Gasteiger partial charge >= 0.3 is 0 Å². The van der Waals surface area contributed by atoms with E-state index >= 15 is 0 Å². The van der Waals surface area contributed by atoms with Gasteiger partial charge in [-0.15, -0.1) is 0 Å². The van der Waals surface area contributed by atoms with Gasteiger partial charge < -0.3 is 33.4 Å². The summed E-state index contributed by atoms with van der Waals surface area (Å²) in [6, 6.07) is 6.76. The third kappa shape index (κ3) is 7.47. The maximum absolute atomic E-state index is 12.7. The smallest absolute Gasteiger partial charge is 0.283 e. The van der Waals surface area contributed by atoms with Crippen molar-refractivity contribution in [3.63, 3.8) is 0 Å². The number of guanidine groups is 1. The fraction of sp³-hybridized carbons (Fsp3) is 0.350. The number of unbranched alkanes of at least 4 members (excludes halogenated alkanes) is 1. The number of nitrogens with one attached hydrogen (secondary N) is 1. The Balaban J connectivity index is 1.84. The second-order valence-corrected chi connectivity index (χ2v) is 7.58. The van der Waals surface area contributed by atoms with Gasteiger partial charge in [-0.1, -0.05) is 23.7 Å². The van der Waals surface area contributed by atoms with Crippen LogP contribution in [0.4, 0.5) is 11.6 Å². The van der Waals surface area contributed by atoms with E-state index in [0.29, 0.717) is 18.6 Å². The van der Waals surface area contributed by atoms with Crippen LogP contribution in [0.15, 0.2) is 24.3 Å². The molecule has 13 heteroatoms. The third-order valence-corrected chi connectivity index (χ3v) is 5.01. The molecule has 0 bridgehead atoms. The predicted octanol–water partition coefficient (Wildman–Crippen LogP) is 0.234. The Morgan fingerprint density at radius 3 is 2.36 bits per heavy atom. The summed E-state index contributed by atoms with van der Waals surface area (Å²) in [6.45, 7) is 0.477. The summed E-state index contributed by atoms with van der Waals surface area (Å²) in [7, 11) is 0. The molecular weight excluding hydrogens is 450 g/mol. The molecule has 0 saturated carbocycles. The second-order valence-electron chi connectivity index (χ2n) is 7.22. The van der Waals surface area contributed by atoms with Crippen molar-refractivity contribution in [1.29, 1.82) is 5.41 Å². The van der Waals surface area contributed by atoms with Crippen LogP contribution >= 0.6 is 11.6 Å². The molecule has 1 unspecified atom stereocenters. The maximum Gasteiger partial charge on any atom is 0.283 e. The van der Waals surface area contributed by atoms with Crippen molar-refractivity contribution in [2.75, 3.05) is 24.6 Å². The van der Waals surface area contributed by atoms with Crippen LogP contribution in [-0.2, 0) is 11.2 Å². The minimum Gasteiger partial charge on any atom is -0.494 e. The molecular formula is C20H28ClN9O3. The van der Waals surface area contributed by atoms with Gasteiger partial charge in [0, 0.05) is 13.0 Å². The summed E-state index contributed by atoms with van der Waals surface area (Å²) in [5.41, 5.74) is 28.4. The molecule has 2 amide bonds. The van der Waals surface area contributed by atoms with Crippen LogP contribution in [-0.4, -0.2) is 51.8 Å². The largest absolute Gasteiger partial charge is 0.494 e. The van der Waals surface area contributed by atoms with Crippen LogP contribution in [0, 0.1) is 5.41 Å². The van der Waals surface area contributed by atoms with Crippen molar-refractivity contribution in [2.45, 2.75) is 31.7 Å². The molecule has 0 saturated heterocycles. The van der Waals surface area contributed by atoms with Crippen LogP contribution in [0.1, 0.15) is 35.3 Å². The maximum atomic E-state index is 12.7. The van der Waals surface area contributed by atoms with Crippen LogP contribution in [0.5, 0.6) is 5.75 Å². The lowest BCUT2D eigenvalue weighted by Gasteiger charge is -2.20. The van der Waals surface area contributed by atoms with E-state index in [1.54, 1.807) is 0 Å². The second kappa shape index (κ2) is 11.8.